The third-order valence-electron chi connectivity index (χ3n) is 16.2. The summed E-state index contributed by atoms with van der Waals surface area (Å²) in [6, 6.07) is 0. The molecule has 1 N–H and O–H groups in total. The molecule has 6 heteroatoms. The Bertz CT molecular complexity index is 1370. The highest BCUT2D eigenvalue weighted by molar-refractivity contribution is 5.70. The summed E-state index contributed by atoms with van der Waals surface area (Å²) < 4.78 is 12.0. The molecule has 0 heterocycles. The number of hydrogen-bond donors (Lipinski definition) is 1. The predicted molar refractivity (Wildman–Crippen MR) is 303 cm³/mol. The van der Waals surface area contributed by atoms with Gasteiger partial charge in [0.15, 0.2) is 0 Å². The van der Waals surface area contributed by atoms with Gasteiger partial charge in [-0.3, -0.25) is 9.59 Å². The highest BCUT2D eigenvalue weighted by Crippen LogP contribution is 2.60. The summed E-state index contributed by atoms with van der Waals surface area (Å²) in [7, 11) is 0. The van der Waals surface area contributed by atoms with Crippen molar-refractivity contribution >= 4 is 11.9 Å². The lowest BCUT2D eigenvalue weighted by molar-refractivity contribution is -0.150. The van der Waals surface area contributed by atoms with Gasteiger partial charge in [0.2, 0.25) is 0 Å². The number of aliphatic hydroxyl groups is 1. The minimum absolute atomic E-state index is 0.00697. The molecule has 70 heavy (non-hydrogen) atoms. The normalized spacial score (nSPS) is 22.1. The van der Waals surface area contributed by atoms with Crippen LogP contribution in [0.15, 0.2) is 35.5 Å². The predicted octanol–water partition coefficient (Wildman–Crippen LogP) is 18.8. The number of unbranched alkanes of at least 4 members (excludes halogenated alkanes) is 14. The fourth-order valence-electron chi connectivity index (χ4n) is 12.0. The molecule has 6 atom stereocenters. The minimum Gasteiger partial charge on any atom is -0.462 e. The average Bonchev–Trinajstić information content (AvgIpc) is 3.71. The van der Waals surface area contributed by atoms with Crippen molar-refractivity contribution in [3.05, 3.63) is 35.5 Å². The second kappa shape index (κ2) is 42.4. The standard InChI is InChI=1S/C57H101NO5.C5H12.C2H6/c1-8-10-12-13-14-18-31-51(30-11-9-2)62-55(60)32-19-15-16-21-41-58(43-23-24-44-59)42-22-17-20-33-56(61)63-52-37-34-47(5)50(45-52)36-35-49-29-26-40-57(7)53(38-39-54(49)57)48(6)28-25-27-46(3)4;1-3-5-4-2;1-2/h35-36,46,48,51-54,59H,5,8-34,37-45H2,1-4,6-7H3;3-5H2,1-2H3;1-2H3/b49-35+,50-36-;;. The molecule has 0 aromatic rings. The van der Waals surface area contributed by atoms with Gasteiger partial charge in [0.05, 0.1) is 0 Å². The first-order chi connectivity index (χ1) is 33.9. The second-order valence-electron chi connectivity index (χ2n) is 22.7. The monoisotopic (exact) mass is 982 g/mol. The number of aliphatic hydroxyl groups excluding tert-OH is 1. The molecule has 3 rings (SSSR count). The van der Waals surface area contributed by atoms with E-state index in [9.17, 15) is 14.7 Å². The summed E-state index contributed by atoms with van der Waals surface area (Å²) in [5, 5.41) is 9.38. The zero-order chi connectivity index (χ0) is 51.8. The van der Waals surface area contributed by atoms with Crippen LogP contribution in [0.2, 0.25) is 0 Å². The smallest absolute Gasteiger partial charge is 0.306 e. The summed E-state index contributed by atoms with van der Waals surface area (Å²) in [4.78, 5) is 28.3. The van der Waals surface area contributed by atoms with Crippen LogP contribution in [0.3, 0.4) is 0 Å². The van der Waals surface area contributed by atoms with Crippen molar-refractivity contribution in [3.8, 4) is 0 Å². The SMILES string of the molecule is C=C1CCC(OC(=O)CCCCCN(CCCCO)CCCCCCC(=O)OC(CCCC)CCCCCCCC)C/C1=C/C=C1\CCCC2(C)C1CCC2C(C)CCCC(C)C.CC.CCCCC. The number of carbonyl (C=O) groups is 2. The molecule has 0 aliphatic heterocycles. The maximum absolute atomic E-state index is 13.0. The van der Waals surface area contributed by atoms with Gasteiger partial charge in [0, 0.05) is 25.9 Å². The van der Waals surface area contributed by atoms with Crippen LogP contribution in [-0.4, -0.2) is 60.4 Å². The fraction of sp³-hybridized carbons (Fsp3) is 0.875. The third kappa shape index (κ3) is 29.1. The van der Waals surface area contributed by atoms with E-state index in [4.69, 9.17) is 9.47 Å². The van der Waals surface area contributed by atoms with E-state index in [1.165, 1.54) is 120 Å². The van der Waals surface area contributed by atoms with Crippen molar-refractivity contribution in [1.82, 2.24) is 4.90 Å². The maximum atomic E-state index is 13.0. The third-order valence-corrected chi connectivity index (χ3v) is 16.2. The van der Waals surface area contributed by atoms with Crippen LogP contribution in [-0.2, 0) is 19.1 Å². The Balaban J connectivity index is 0.00000328. The van der Waals surface area contributed by atoms with Crippen LogP contribution in [0.4, 0.5) is 0 Å². The highest BCUT2D eigenvalue weighted by Gasteiger charge is 2.50. The number of allylic oxidation sites excluding steroid dienone is 4. The van der Waals surface area contributed by atoms with Crippen molar-refractivity contribution < 1.29 is 24.2 Å². The number of hydrogen-bond acceptors (Lipinski definition) is 6. The van der Waals surface area contributed by atoms with Crippen molar-refractivity contribution in [2.75, 3.05) is 26.2 Å². The molecule has 6 nitrogen and oxygen atoms in total. The lowest BCUT2D eigenvalue weighted by Gasteiger charge is -2.44. The largest absolute Gasteiger partial charge is 0.462 e. The van der Waals surface area contributed by atoms with Crippen LogP contribution >= 0.6 is 0 Å². The van der Waals surface area contributed by atoms with E-state index in [0.29, 0.717) is 24.2 Å². The second-order valence-corrected chi connectivity index (χ2v) is 22.7. The number of rotatable bonds is 37. The molecular formula is C64H119NO5. The van der Waals surface area contributed by atoms with Gasteiger partial charge in [0.1, 0.15) is 12.2 Å². The van der Waals surface area contributed by atoms with Crippen molar-refractivity contribution in [2.45, 2.75) is 306 Å². The summed E-state index contributed by atoms with van der Waals surface area (Å²) in [5.41, 5.74) is 4.59. The van der Waals surface area contributed by atoms with Gasteiger partial charge in [0.25, 0.3) is 0 Å². The first-order valence-corrected chi connectivity index (χ1v) is 30.7. The Hall–Kier alpha value is -1.92. The van der Waals surface area contributed by atoms with Gasteiger partial charge >= 0.3 is 11.9 Å². The van der Waals surface area contributed by atoms with E-state index in [0.717, 1.165) is 140 Å². The van der Waals surface area contributed by atoms with Crippen LogP contribution in [0.5, 0.6) is 0 Å². The quantitative estimate of drug-likeness (QED) is 0.0494. The molecule has 3 aliphatic rings. The molecule has 3 fully saturated rings. The summed E-state index contributed by atoms with van der Waals surface area (Å²) >= 11 is 0. The molecule has 0 spiro atoms. The van der Waals surface area contributed by atoms with Gasteiger partial charge < -0.3 is 19.5 Å². The van der Waals surface area contributed by atoms with Crippen LogP contribution in [0.25, 0.3) is 0 Å². The van der Waals surface area contributed by atoms with E-state index in [1.807, 2.05) is 13.8 Å². The molecule has 0 bridgehead atoms. The molecule has 0 radical (unpaired) electrons. The lowest BCUT2D eigenvalue weighted by atomic mass is 9.60. The number of esters is 2. The number of ether oxygens (including phenoxy) is 2. The Kier molecular flexibility index (Phi) is 40.1. The summed E-state index contributed by atoms with van der Waals surface area (Å²) in [6.07, 6.45) is 44.2. The molecule has 0 aromatic carbocycles. The number of nitrogens with zero attached hydrogens (tertiary/aromatic N) is 1. The topological polar surface area (TPSA) is 76.1 Å². The first kappa shape index (κ1) is 66.1. The van der Waals surface area contributed by atoms with E-state index in [1.54, 1.807) is 5.57 Å². The highest BCUT2D eigenvalue weighted by atomic mass is 16.5. The van der Waals surface area contributed by atoms with Crippen LogP contribution < -0.4 is 0 Å². The van der Waals surface area contributed by atoms with Crippen molar-refractivity contribution in [2.24, 2.45) is 29.1 Å². The Labute approximate surface area is 436 Å². The summed E-state index contributed by atoms with van der Waals surface area (Å²) in [5.74, 6) is 3.11. The maximum Gasteiger partial charge on any atom is 0.306 e. The van der Waals surface area contributed by atoms with Gasteiger partial charge in [-0.25, -0.2) is 0 Å². The average molecular weight is 983 g/mol. The van der Waals surface area contributed by atoms with E-state index < -0.39 is 0 Å². The van der Waals surface area contributed by atoms with Gasteiger partial charge in [-0.05, 0) is 157 Å². The molecule has 0 amide bonds. The number of carbonyl (C=O) groups excluding carboxylic acids is 2. The zero-order valence-corrected chi connectivity index (χ0v) is 48.4. The van der Waals surface area contributed by atoms with Crippen molar-refractivity contribution in [3.63, 3.8) is 0 Å². The molecule has 0 saturated heterocycles. The molecule has 3 saturated carbocycles. The Morgan fingerprint density at radius 1 is 0.671 bits per heavy atom. The van der Waals surface area contributed by atoms with Crippen LogP contribution in [0, 0.1) is 29.1 Å². The Morgan fingerprint density at radius 2 is 1.26 bits per heavy atom. The van der Waals surface area contributed by atoms with Gasteiger partial charge in [-0.2, -0.15) is 0 Å². The van der Waals surface area contributed by atoms with E-state index >= 15 is 0 Å². The van der Waals surface area contributed by atoms with Gasteiger partial charge in [-0.1, -0.05) is 202 Å². The lowest BCUT2D eigenvalue weighted by Crippen LogP contribution is -2.36. The molecule has 410 valence electrons. The number of fused-ring (bicyclic) bond motifs is 1. The Morgan fingerprint density at radius 3 is 1.90 bits per heavy atom. The zero-order valence-electron chi connectivity index (χ0n) is 48.4. The first-order valence-electron chi connectivity index (χ1n) is 30.7. The fourth-order valence-corrected chi connectivity index (χ4v) is 12.0. The molecular weight excluding hydrogens is 863 g/mol. The van der Waals surface area contributed by atoms with Crippen LogP contribution in [0.1, 0.15) is 294 Å². The molecule has 0 aromatic heterocycles. The van der Waals surface area contributed by atoms with Gasteiger partial charge in [-0.15, -0.1) is 0 Å². The summed E-state index contributed by atoms with van der Waals surface area (Å²) in [6.45, 7) is 30.5. The minimum atomic E-state index is -0.0502. The van der Waals surface area contributed by atoms with Crippen molar-refractivity contribution in [1.29, 1.82) is 0 Å². The molecule has 6 unspecified atom stereocenters. The molecule has 3 aliphatic carbocycles. The van der Waals surface area contributed by atoms with E-state index in [2.05, 4.69) is 79.0 Å². The van der Waals surface area contributed by atoms with E-state index in [-0.39, 0.29) is 30.8 Å².